The number of hydrogen-bond donors (Lipinski definition) is 1. The van der Waals surface area contributed by atoms with E-state index < -0.39 is 16.1 Å². The molecule has 0 amide bonds. The molecule has 5 nitrogen and oxygen atoms in total. The Hall–Kier alpha value is -1.11. The van der Waals surface area contributed by atoms with Gasteiger partial charge in [-0.15, -0.1) is 0 Å². The van der Waals surface area contributed by atoms with Gasteiger partial charge in [0.2, 0.25) is 10.0 Å². The second-order valence-electron chi connectivity index (χ2n) is 5.66. The Balaban J connectivity index is 2.11. The van der Waals surface area contributed by atoms with Crippen LogP contribution < -0.4 is 4.74 Å². The lowest BCUT2D eigenvalue weighted by molar-refractivity contribution is 0.0346. The highest BCUT2D eigenvalue weighted by Gasteiger charge is 2.30. The zero-order valence-corrected chi connectivity index (χ0v) is 13.6. The van der Waals surface area contributed by atoms with E-state index in [1.807, 2.05) is 32.0 Å². The molecule has 1 aliphatic rings. The van der Waals surface area contributed by atoms with E-state index in [0.29, 0.717) is 25.9 Å². The van der Waals surface area contributed by atoms with Crippen LogP contribution in [0, 0.1) is 13.8 Å². The zero-order valence-electron chi connectivity index (χ0n) is 12.7. The van der Waals surface area contributed by atoms with Gasteiger partial charge in [-0.3, -0.25) is 0 Å². The summed E-state index contributed by atoms with van der Waals surface area (Å²) in [4.78, 5) is 0. The third-order valence-corrected chi connectivity index (χ3v) is 5.37. The summed E-state index contributed by atoms with van der Waals surface area (Å²) in [6, 6.07) is 5.81. The smallest absolute Gasteiger partial charge is 0.211 e. The van der Waals surface area contributed by atoms with Gasteiger partial charge >= 0.3 is 0 Å². The Labute approximate surface area is 126 Å². The lowest BCUT2D eigenvalue weighted by Gasteiger charge is -2.23. The lowest BCUT2D eigenvalue weighted by atomic mass is 10.1. The first-order chi connectivity index (χ1) is 9.79. The molecule has 0 bridgehead atoms. The van der Waals surface area contributed by atoms with E-state index >= 15 is 0 Å². The maximum atomic E-state index is 11.6. The molecule has 0 spiro atoms. The quantitative estimate of drug-likeness (QED) is 0.917. The molecular formula is C15H23NO4S. The van der Waals surface area contributed by atoms with Crippen LogP contribution in [0.25, 0.3) is 0 Å². The highest BCUT2D eigenvalue weighted by molar-refractivity contribution is 7.88. The van der Waals surface area contributed by atoms with Crippen molar-refractivity contribution in [3.8, 4) is 5.75 Å². The first kappa shape index (κ1) is 16.3. The van der Waals surface area contributed by atoms with Gasteiger partial charge in [0.25, 0.3) is 0 Å². The van der Waals surface area contributed by atoms with E-state index in [2.05, 4.69) is 0 Å². The van der Waals surface area contributed by atoms with Crippen LogP contribution in [0.5, 0.6) is 5.75 Å². The van der Waals surface area contributed by atoms with Crippen LogP contribution >= 0.6 is 0 Å². The van der Waals surface area contributed by atoms with Crippen molar-refractivity contribution >= 4 is 10.0 Å². The Morgan fingerprint density at radius 2 is 1.90 bits per heavy atom. The second kappa shape index (κ2) is 6.34. The number of aryl methyl sites for hydroxylation is 1. The number of aliphatic hydroxyl groups excluding tert-OH is 1. The molecule has 1 fully saturated rings. The molecule has 1 N–H and O–H groups in total. The molecule has 0 aliphatic carbocycles. The van der Waals surface area contributed by atoms with Crippen LogP contribution in [0.4, 0.5) is 0 Å². The van der Waals surface area contributed by atoms with E-state index in [1.165, 1.54) is 10.6 Å². The summed E-state index contributed by atoms with van der Waals surface area (Å²) in [7, 11) is -3.22. The molecule has 1 aliphatic heterocycles. The Kier molecular flexibility index (Phi) is 4.91. The van der Waals surface area contributed by atoms with Gasteiger partial charge in [0, 0.05) is 19.5 Å². The number of aliphatic hydroxyl groups is 1. The van der Waals surface area contributed by atoms with Crippen LogP contribution in [-0.2, 0) is 10.0 Å². The van der Waals surface area contributed by atoms with Crippen molar-refractivity contribution in [1.29, 1.82) is 0 Å². The standard InChI is InChI=1S/C15H23NO4S/c1-11-5-4-6-14(12(11)2)20-15-8-10-16(21(3,18)19)9-7-13(15)17/h4-6,13,15,17H,7-10H2,1-3H3/t13-,15-/m0/s1. The van der Waals surface area contributed by atoms with Crippen molar-refractivity contribution in [1.82, 2.24) is 4.31 Å². The van der Waals surface area contributed by atoms with Crippen LogP contribution in [0.15, 0.2) is 18.2 Å². The van der Waals surface area contributed by atoms with E-state index in [1.54, 1.807) is 0 Å². The van der Waals surface area contributed by atoms with Crippen molar-refractivity contribution in [3.63, 3.8) is 0 Å². The molecule has 0 aromatic heterocycles. The molecule has 21 heavy (non-hydrogen) atoms. The predicted molar refractivity (Wildman–Crippen MR) is 82.0 cm³/mol. The van der Waals surface area contributed by atoms with Crippen LogP contribution in [0.1, 0.15) is 24.0 Å². The number of nitrogens with zero attached hydrogens (tertiary/aromatic N) is 1. The van der Waals surface area contributed by atoms with Gasteiger partial charge in [0.05, 0.1) is 12.4 Å². The molecule has 2 rings (SSSR count). The monoisotopic (exact) mass is 313 g/mol. The molecule has 0 saturated carbocycles. The van der Waals surface area contributed by atoms with Crippen molar-refractivity contribution in [3.05, 3.63) is 29.3 Å². The molecule has 0 radical (unpaired) electrons. The summed E-state index contributed by atoms with van der Waals surface area (Å²) < 4.78 is 30.6. The van der Waals surface area contributed by atoms with Gasteiger partial charge in [0.15, 0.2) is 0 Å². The average molecular weight is 313 g/mol. The lowest BCUT2D eigenvalue weighted by Crippen LogP contribution is -2.32. The SMILES string of the molecule is Cc1cccc(O[C@H]2CCN(S(C)(=O)=O)CC[C@@H]2O)c1C. The summed E-state index contributed by atoms with van der Waals surface area (Å²) in [5.41, 5.74) is 2.18. The minimum atomic E-state index is -3.22. The van der Waals surface area contributed by atoms with E-state index in [0.717, 1.165) is 16.9 Å². The number of benzene rings is 1. The maximum Gasteiger partial charge on any atom is 0.211 e. The fourth-order valence-corrected chi connectivity index (χ4v) is 3.40. The maximum absolute atomic E-state index is 11.6. The second-order valence-corrected chi connectivity index (χ2v) is 7.64. The number of sulfonamides is 1. The number of rotatable bonds is 3. The first-order valence-electron chi connectivity index (χ1n) is 7.15. The summed E-state index contributed by atoms with van der Waals surface area (Å²) in [6.07, 6.45) is 1.05. The van der Waals surface area contributed by atoms with Crippen molar-refractivity contribution in [2.45, 2.75) is 38.9 Å². The average Bonchev–Trinajstić information content (AvgIpc) is 2.57. The topological polar surface area (TPSA) is 66.8 Å². The molecule has 2 atom stereocenters. The van der Waals surface area contributed by atoms with Crippen LogP contribution in [-0.4, -0.2) is 49.4 Å². The van der Waals surface area contributed by atoms with Crippen molar-refractivity contribution in [2.75, 3.05) is 19.3 Å². The predicted octanol–water partition coefficient (Wildman–Crippen LogP) is 1.47. The number of ether oxygens (including phenoxy) is 1. The first-order valence-corrected chi connectivity index (χ1v) is 9.00. The van der Waals surface area contributed by atoms with Gasteiger partial charge in [0.1, 0.15) is 11.9 Å². The van der Waals surface area contributed by atoms with Gasteiger partial charge in [-0.25, -0.2) is 12.7 Å². The normalized spacial score (nSPS) is 24.6. The molecule has 1 heterocycles. The molecule has 1 aromatic rings. The minimum absolute atomic E-state index is 0.340. The highest BCUT2D eigenvalue weighted by atomic mass is 32.2. The summed E-state index contributed by atoms with van der Waals surface area (Å²) in [6.45, 7) is 4.71. The molecule has 1 aromatic carbocycles. The van der Waals surface area contributed by atoms with E-state index in [4.69, 9.17) is 4.74 Å². The van der Waals surface area contributed by atoms with Crippen molar-refractivity contribution in [2.24, 2.45) is 0 Å². The fraction of sp³-hybridized carbons (Fsp3) is 0.600. The zero-order chi connectivity index (χ0) is 15.6. The summed E-state index contributed by atoms with van der Waals surface area (Å²) >= 11 is 0. The Bertz CT molecular complexity index is 600. The van der Waals surface area contributed by atoms with Crippen LogP contribution in [0.2, 0.25) is 0 Å². The summed E-state index contributed by atoms with van der Waals surface area (Å²) in [5, 5.41) is 10.2. The van der Waals surface area contributed by atoms with Gasteiger partial charge in [-0.1, -0.05) is 12.1 Å². The highest BCUT2D eigenvalue weighted by Crippen LogP contribution is 2.25. The Morgan fingerprint density at radius 1 is 1.24 bits per heavy atom. The molecule has 1 saturated heterocycles. The largest absolute Gasteiger partial charge is 0.487 e. The number of hydrogen-bond acceptors (Lipinski definition) is 4. The fourth-order valence-electron chi connectivity index (χ4n) is 2.52. The van der Waals surface area contributed by atoms with Gasteiger partial charge in [-0.2, -0.15) is 0 Å². The van der Waals surface area contributed by atoms with Gasteiger partial charge in [-0.05, 0) is 37.5 Å². The Morgan fingerprint density at radius 3 is 2.57 bits per heavy atom. The van der Waals surface area contributed by atoms with E-state index in [9.17, 15) is 13.5 Å². The minimum Gasteiger partial charge on any atom is -0.487 e. The molecule has 6 heteroatoms. The third kappa shape index (κ3) is 3.96. The van der Waals surface area contributed by atoms with E-state index in [-0.39, 0.29) is 6.10 Å². The van der Waals surface area contributed by atoms with Gasteiger partial charge < -0.3 is 9.84 Å². The molecule has 118 valence electrons. The molecule has 0 unspecified atom stereocenters. The van der Waals surface area contributed by atoms with Crippen molar-refractivity contribution < 1.29 is 18.3 Å². The molecular weight excluding hydrogens is 290 g/mol. The van der Waals surface area contributed by atoms with Crippen LogP contribution in [0.3, 0.4) is 0 Å². The third-order valence-electron chi connectivity index (χ3n) is 4.07. The summed E-state index contributed by atoms with van der Waals surface area (Å²) in [5.74, 6) is 0.756.